The molecule has 18 heavy (non-hydrogen) atoms. The first-order valence-electron chi connectivity index (χ1n) is 5.59. The Bertz CT molecular complexity index is 431. The fourth-order valence-electron chi connectivity index (χ4n) is 1.64. The van der Waals surface area contributed by atoms with Crippen LogP contribution in [0.25, 0.3) is 0 Å². The number of benzene rings is 1. The van der Waals surface area contributed by atoms with Crippen molar-refractivity contribution in [2.75, 3.05) is 13.7 Å². The van der Waals surface area contributed by atoms with Crippen LogP contribution in [0.1, 0.15) is 11.1 Å². The van der Waals surface area contributed by atoms with Crippen LogP contribution in [0.15, 0.2) is 24.3 Å². The molecule has 1 amide bonds. The van der Waals surface area contributed by atoms with Crippen molar-refractivity contribution >= 4 is 11.9 Å². The molecule has 0 aliphatic rings. The highest BCUT2D eigenvalue weighted by Crippen LogP contribution is 2.07. The number of carbonyl (C=O) groups is 2. The molecule has 1 aromatic carbocycles. The SMILES string of the molecule is COCC(=O)N[C@@H](Cc1cccc(C)c1)C(=O)O. The second-order valence-corrected chi connectivity index (χ2v) is 4.08. The minimum Gasteiger partial charge on any atom is -0.480 e. The topological polar surface area (TPSA) is 75.6 Å². The molecule has 0 aliphatic heterocycles. The number of amides is 1. The number of methoxy groups -OCH3 is 1. The van der Waals surface area contributed by atoms with Gasteiger partial charge in [-0.2, -0.15) is 0 Å². The molecule has 1 aromatic rings. The van der Waals surface area contributed by atoms with E-state index in [1.165, 1.54) is 7.11 Å². The van der Waals surface area contributed by atoms with Crippen LogP contribution in [-0.2, 0) is 20.7 Å². The maximum absolute atomic E-state index is 11.3. The molecule has 0 aliphatic carbocycles. The third-order valence-corrected chi connectivity index (χ3v) is 2.43. The number of hydrogen-bond donors (Lipinski definition) is 2. The smallest absolute Gasteiger partial charge is 0.326 e. The number of carboxylic acid groups (broad SMARTS) is 1. The predicted molar refractivity (Wildman–Crippen MR) is 66.3 cm³/mol. The zero-order valence-corrected chi connectivity index (χ0v) is 10.5. The number of carboxylic acids is 1. The monoisotopic (exact) mass is 251 g/mol. The average Bonchev–Trinajstić information content (AvgIpc) is 2.28. The van der Waals surface area contributed by atoms with E-state index in [0.29, 0.717) is 0 Å². The Hall–Kier alpha value is -1.88. The molecule has 0 saturated heterocycles. The van der Waals surface area contributed by atoms with E-state index in [2.05, 4.69) is 10.1 Å². The number of nitrogens with one attached hydrogen (secondary N) is 1. The Kier molecular flexibility index (Phi) is 5.32. The van der Waals surface area contributed by atoms with Crippen LogP contribution < -0.4 is 5.32 Å². The Morgan fingerprint density at radius 2 is 2.17 bits per heavy atom. The van der Waals surface area contributed by atoms with E-state index >= 15 is 0 Å². The van der Waals surface area contributed by atoms with E-state index < -0.39 is 17.9 Å². The molecular formula is C13H17NO4. The summed E-state index contributed by atoms with van der Waals surface area (Å²) in [6.07, 6.45) is 0.256. The minimum absolute atomic E-state index is 0.141. The van der Waals surface area contributed by atoms with Gasteiger partial charge in [-0.05, 0) is 12.5 Å². The highest BCUT2D eigenvalue weighted by Gasteiger charge is 2.20. The lowest BCUT2D eigenvalue weighted by Gasteiger charge is -2.14. The van der Waals surface area contributed by atoms with Crippen molar-refractivity contribution in [3.8, 4) is 0 Å². The van der Waals surface area contributed by atoms with Crippen molar-refractivity contribution < 1.29 is 19.4 Å². The van der Waals surface area contributed by atoms with Gasteiger partial charge in [0.25, 0.3) is 0 Å². The van der Waals surface area contributed by atoms with Gasteiger partial charge >= 0.3 is 5.97 Å². The second-order valence-electron chi connectivity index (χ2n) is 4.08. The third kappa shape index (κ3) is 4.55. The number of ether oxygens (including phenoxy) is 1. The van der Waals surface area contributed by atoms with E-state index in [9.17, 15) is 9.59 Å². The van der Waals surface area contributed by atoms with Crippen LogP contribution in [0.5, 0.6) is 0 Å². The zero-order valence-electron chi connectivity index (χ0n) is 10.5. The van der Waals surface area contributed by atoms with Gasteiger partial charge in [-0.15, -0.1) is 0 Å². The van der Waals surface area contributed by atoms with Crippen LogP contribution in [0.4, 0.5) is 0 Å². The normalized spacial score (nSPS) is 11.9. The summed E-state index contributed by atoms with van der Waals surface area (Å²) in [4.78, 5) is 22.4. The van der Waals surface area contributed by atoms with E-state index in [-0.39, 0.29) is 13.0 Å². The number of aliphatic carboxylic acids is 1. The summed E-state index contributed by atoms with van der Waals surface area (Å²) >= 11 is 0. The van der Waals surface area contributed by atoms with Gasteiger partial charge in [0.15, 0.2) is 0 Å². The van der Waals surface area contributed by atoms with Crippen molar-refractivity contribution in [1.82, 2.24) is 5.32 Å². The van der Waals surface area contributed by atoms with E-state index in [1.807, 2.05) is 31.2 Å². The summed E-state index contributed by atoms with van der Waals surface area (Å²) in [5.74, 6) is -1.49. The first kappa shape index (κ1) is 14.2. The van der Waals surface area contributed by atoms with Crippen LogP contribution in [0, 0.1) is 6.92 Å². The third-order valence-electron chi connectivity index (χ3n) is 2.43. The summed E-state index contributed by atoms with van der Waals surface area (Å²) in [5.41, 5.74) is 1.93. The number of rotatable bonds is 6. The van der Waals surface area contributed by atoms with E-state index in [0.717, 1.165) is 11.1 Å². The van der Waals surface area contributed by atoms with Gasteiger partial charge in [0.1, 0.15) is 12.6 Å². The molecule has 5 heteroatoms. The lowest BCUT2D eigenvalue weighted by molar-refractivity contribution is -0.142. The molecule has 2 N–H and O–H groups in total. The van der Waals surface area contributed by atoms with Gasteiger partial charge in [-0.25, -0.2) is 4.79 Å². The molecular weight excluding hydrogens is 234 g/mol. The molecule has 0 aromatic heterocycles. The summed E-state index contributed by atoms with van der Waals surface area (Å²) in [5, 5.41) is 11.5. The second kappa shape index (κ2) is 6.76. The minimum atomic E-state index is -1.05. The summed E-state index contributed by atoms with van der Waals surface area (Å²) < 4.78 is 4.65. The Morgan fingerprint density at radius 3 is 2.72 bits per heavy atom. The van der Waals surface area contributed by atoms with Crippen molar-refractivity contribution in [3.63, 3.8) is 0 Å². The van der Waals surface area contributed by atoms with Crippen molar-refractivity contribution in [2.45, 2.75) is 19.4 Å². The first-order valence-corrected chi connectivity index (χ1v) is 5.59. The first-order chi connectivity index (χ1) is 8.52. The molecule has 1 rings (SSSR count). The summed E-state index contributed by atoms with van der Waals surface area (Å²) in [7, 11) is 1.38. The summed E-state index contributed by atoms with van der Waals surface area (Å²) in [6.45, 7) is 1.79. The van der Waals surface area contributed by atoms with Crippen LogP contribution >= 0.6 is 0 Å². The molecule has 0 fully saturated rings. The molecule has 0 saturated carbocycles. The molecule has 0 bridgehead atoms. The van der Waals surface area contributed by atoms with E-state index in [1.54, 1.807) is 0 Å². The number of aryl methyl sites for hydroxylation is 1. The zero-order chi connectivity index (χ0) is 13.5. The van der Waals surface area contributed by atoms with Crippen LogP contribution in [0.2, 0.25) is 0 Å². The highest BCUT2D eigenvalue weighted by atomic mass is 16.5. The Morgan fingerprint density at radius 1 is 1.44 bits per heavy atom. The van der Waals surface area contributed by atoms with Crippen molar-refractivity contribution in [1.29, 1.82) is 0 Å². The highest BCUT2D eigenvalue weighted by molar-refractivity contribution is 5.84. The molecule has 0 heterocycles. The Labute approximate surface area is 106 Å². The predicted octanol–water partition coefficient (Wildman–Crippen LogP) is 0.753. The molecule has 0 unspecified atom stereocenters. The van der Waals surface area contributed by atoms with Crippen LogP contribution in [0.3, 0.4) is 0 Å². The lowest BCUT2D eigenvalue weighted by Crippen LogP contribution is -2.43. The molecule has 0 spiro atoms. The Balaban J connectivity index is 2.69. The molecule has 98 valence electrons. The number of carbonyl (C=O) groups excluding carboxylic acids is 1. The maximum Gasteiger partial charge on any atom is 0.326 e. The van der Waals surface area contributed by atoms with Gasteiger partial charge in [0, 0.05) is 13.5 Å². The van der Waals surface area contributed by atoms with Gasteiger partial charge < -0.3 is 15.2 Å². The fraction of sp³-hybridized carbons (Fsp3) is 0.385. The maximum atomic E-state index is 11.3. The van der Waals surface area contributed by atoms with Crippen molar-refractivity contribution in [2.24, 2.45) is 0 Å². The van der Waals surface area contributed by atoms with Crippen molar-refractivity contribution in [3.05, 3.63) is 35.4 Å². The van der Waals surface area contributed by atoms with Gasteiger partial charge in [0.05, 0.1) is 0 Å². The quantitative estimate of drug-likeness (QED) is 0.782. The van der Waals surface area contributed by atoms with Crippen LogP contribution in [-0.4, -0.2) is 36.7 Å². The lowest BCUT2D eigenvalue weighted by atomic mass is 10.0. The summed E-state index contributed by atoms with van der Waals surface area (Å²) in [6, 6.07) is 6.60. The molecule has 5 nitrogen and oxygen atoms in total. The van der Waals surface area contributed by atoms with Gasteiger partial charge in [0.2, 0.25) is 5.91 Å². The fourth-order valence-corrected chi connectivity index (χ4v) is 1.64. The average molecular weight is 251 g/mol. The number of hydrogen-bond acceptors (Lipinski definition) is 3. The van der Waals surface area contributed by atoms with Gasteiger partial charge in [-0.3, -0.25) is 4.79 Å². The van der Waals surface area contributed by atoms with Gasteiger partial charge in [-0.1, -0.05) is 29.8 Å². The standard InChI is InChI=1S/C13H17NO4/c1-9-4-3-5-10(6-9)7-11(13(16)17)14-12(15)8-18-2/h3-6,11H,7-8H2,1-2H3,(H,14,15)(H,16,17)/t11-/m0/s1. The largest absolute Gasteiger partial charge is 0.480 e. The molecule has 0 radical (unpaired) electrons. The van der Waals surface area contributed by atoms with E-state index in [4.69, 9.17) is 5.11 Å². The molecule has 1 atom stereocenters.